The molecule has 0 spiro atoms. The van der Waals surface area contributed by atoms with Crippen molar-refractivity contribution in [2.75, 3.05) is 20.1 Å². The zero-order valence-corrected chi connectivity index (χ0v) is 26.6. The van der Waals surface area contributed by atoms with Gasteiger partial charge in [-0.3, -0.25) is 19.0 Å². The highest BCUT2D eigenvalue weighted by Crippen LogP contribution is 2.20. The lowest BCUT2D eigenvalue weighted by atomic mass is 10.2. The Morgan fingerprint density at radius 2 is 0.933 bits per heavy atom. The fourth-order valence-corrected chi connectivity index (χ4v) is 6.21. The Morgan fingerprint density at radius 1 is 0.578 bits per heavy atom. The number of rotatable bonds is 12. The zero-order valence-electron chi connectivity index (χ0n) is 24.9. The van der Waals surface area contributed by atoms with Crippen molar-refractivity contribution in [2.24, 2.45) is 0 Å². The molecule has 4 rings (SSSR count). The van der Waals surface area contributed by atoms with E-state index in [4.69, 9.17) is 0 Å². The number of hydrogen-bond acceptors (Lipinski definition) is 10. The van der Waals surface area contributed by atoms with E-state index in [0.29, 0.717) is 34.4 Å². The van der Waals surface area contributed by atoms with E-state index >= 15 is 0 Å². The molecule has 2 aromatic carbocycles. The van der Waals surface area contributed by atoms with Crippen LogP contribution >= 0.6 is 0 Å². The lowest BCUT2D eigenvalue weighted by molar-refractivity contribution is -0.117. The van der Waals surface area contributed by atoms with Crippen LogP contribution in [0.2, 0.25) is 0 Å². The summed E-state index contributed by atoms with van der Waals surface area (Å²) >= 11 is 0. The topological polar surface area (TPSA) is 202 Å². The third-order valence-corrected chi connectivity index (χ3v) is 8.86. The molecule has 14 nitrogen and oxygen atoms in total. The summed E-state index contributed by atoms with van der Waals surface area (Å²) in [4.78, 5) is 41.1. The maximum Gasteiger partial charge on any atom is 0.263 e. The lowest BCUT2D eigenvalue weighted by Gasteiger charge is -2.10. The predicted octanol–water partition coefficient (Wildman–Crippen LogP) is 3.85. The van der Waals surface area contributed by atoms with Gasteiger partial charge >= 0.3 is 0 Å². The number of carbonyl (C=O) groups is 2. The Balaban J connectivity index is 1.22. The Labute approximate surface area is 261 Å². The Hall–Kier alpha value is -4.96. The highest BCUT2D eigenvalue weighted by Gasteiger charge is 2.17. The van der Waals surface area contributed by atoms with Gasteiger partial charge in [-0.1, -0.05) is 0 Å². The minimum atomic E-state index is -3.90. The summed E-state index contributed by atoms with van der Waals surface area (Å²) in [5.41, 5.74) is 2.03. The maximum atomic E-state index is 12.7. The maximum absolute atomic E-state index is 12.7. The van der Waals surface area contributed by atoms with Gasteiger partial charge < -0.3 is 10.6 Å². The number of aromatic nitrogens is 4. The van der Waals surface area contributed by atoms with Gasteiger partial charge in [0, 0.05) is 47.7 Å². The van der Waals surface area contributed by atoms with Crippen molar-refractivity contribution < 1.29 is 26.4 Å². The number of carbonyl (C=O) groups excluding carboxylic acids is 2. The molecule has 2 aromatic heterocycles. The standard InChI is InChI=1S/C29H32N8O6S2/c1-18-16-26(32-20(3)30-18)36-44(40,41)24-12-8-22(9-13-24)34-28(38)6-5-7-29(39)35-23-10-14-25(15-11-23)45(42,43)37-27-17-19(2)31-21(4)33-27/h8-17H,5-7H2,1-4H3,(H,34,38)(H,35,39)(H,30,32,36)(H,31,33,37). The van der Waals surface area contributed by atoms with Gasteiger partial charge in [0.05, 0.1) is 9.79 Å². The summed E-state index contributed by atoms with van der Waals surface area (Å²) in [6.07, 6.45) is 0.346. The zero-order chi connectivity index (χ0) is 32.8. The molecule has 0 aliphatic rings. The van der Waals surface area contributed by atoms with Crippen LogP contribution in [-0.4, -0.2) is 48.6 Å². The molecule has 0 saturated carbocycles. The number of amides is 2. The highest BCUT2D eigenvalue weighted by molar-refractivity contribution is 7.93. The summed E-state index contributed by atoms with van der Waals surface area (Å²) in [6.45, 7) is 6.78. The lowest BCUT2D eigenvalue weighted by Crippen LogP contribution is -2.16. The Bertz CT molecular complexity index is 1750. The van der Waals surface area contributed by atoms with Crippen molar-refractivity contribution in [1.29, 1.82) is 0 Å². The molecule has 0 saturated heterocycles. The summed E-state index contributed by atoms with van der Waals surface area (Å²) in [7, 11) is -7.80. The molecular formula is C29H32N8O6S2. The van der Waals surface area contributed by atoms with E-state index in [1.54, 1.807) is 27.7 Å². The summed E-state index contributed by atoms with van der Waals surface area (Å²) in [5.74, 6) is 0.486. The first-order chi connectivity index (χ1) is 21.2. The average Bonchev–Trinajstić information content (AvgIpc) is 2.92. The largest absolute Gasteiger partial charge is 0.326 e. The molecule has 0 fully saturated rings. The minimum Gasteiger partial charge on any atom is -0.326 e. The van der Waals surface area contributed by atoms with E-state index in [2.05, 4.69) is 40.0 Å². The van der Waals surface area contributed by atoms with Gasteiger partial charge in [0.1, 0.15) is 23.3 Å². The van der Waals surface area contributed by atoms with Gasteiger partial charge in [-0.05, 0) is 82.6 Å². The first-order valence-corrected chi connectivity index (χ1v) is 16.7. The molecule has 0 aliphatic carbocycles. The van der Waals surface area contributed by atoms with Crippen molar-refractivity contribution >= 4 is 54.9 Å². The summed E-state index contributed by atoms with van der Waals surface area (Å²) < 4.78 is 55.7. The van der Waals surface area contributed by atoms with Gasteiger partial charge in [-0.25, -0.2) is 36.8 Å². The normalized spacial score (nSPS) is 11.5. The van der Waals surface area contributed by atoms with Crippen LogP contribution in [0, 0.1) is 27.7 Å². The molecule has 2 amide bonds. The molecule has 0 radical (unpaired) electrons. The van der Waals surface area contributed by atoms with Crippen LogP contribution in [0.1, 0.15) is 42.3 Å². The van der Waals surface area contributed by atoms with Crippen LogP contribution < -0.4 is 20.1 Å². The molecule has 45 heavy (non-hydrogen) atoms. The smallest absolute Gasteiger partial charge is 0.263 e. The molecule has 236 valence electrons. The van der Waals surface area contributed by atoms with Crippen LogP contribution in [-0.2, 0) is 29.6 Å². The quantitative estimate of drug-likeness (QED) is 0.174. The van der Waals surface area contributed by atoms with Crippen molar-refractivity contribution in [3.05, 3.63) is 83.7 Å². The molecule has 0 atom stereocenters. The predicted molar refractivity (Wildman–Crippen MR) is 169 cm³/mol. The molecule has 16 heteroatoms. The van der Waals surface area contributed by atoms with E-state index in [1.807, 2.05) is 0 Å². The molecule has 4 N–H and O–H groups in total. The van der Waals surface area contributed by atoms with Crippen molar-refractivity contribution in [3.63, 3.8) is 0 Å². The van der Waals surface area contributed by atoms with E-state index in [1.165, 1.54) is 60.7 Å². The van der Waals surface area contributed by atoms with Gasteiger partial charge in [0.2, 0.25) is 11.8 Å². The van der Waals surface area contributed by atoms with E-state index in [9.17, 15) is 26.4 Å². The Kier molecular flexibility index (Phi) is 10.1. The second kappa shape index (κ2) is 13.8. The fourth-order valence-electron chi connectivity index (χ4n) is 4.22. The number of hydrogen-bond donors (Lipinski definition) is 4. The van der Waals surface area contributed by atoms with Crippen LogP contribution in [0.25, 0.3) is 0 Å². The molecule has 0 aliphatic heterocycles. The first kappa shape index (κ1) is 32.9. The summed E-state index contributed by atoms with van der Waals surface area (Å²) in [5, 5.41) is 5.35. The third kappa shape index (κ3) is 9.51. The minimum absolute atomic E-state index is 0.0103. The second-order valence-corrected chi connectivity index (χ2v) is 13.5. The van der Waals surface area contributed by atoms with Gasteiger partial charge in [-0.15, -0.1) is 0 Å². The van der Waals surface area contributed by atoms with Crippen molar-refractivity contribution in [2.45, 2.75) is 56.7 Å². The number of anilines is 4. The van der Waals surface area contributed by atoms with E-state index in [0.717, 1.165) is 0 Å². The number of sulfonamides is 2. The number of benzene rings is 2. The fraction of sp³-hybridized carbons (Fsp3) is 0.241. The highest BCUT2D eigenvalue weighted by atomic mass is 32.2. The molecule has 2 heterocycles. The van der Waals surface area contributed by atoms with E-state index in [-0.39, 0.29) is 52.5 Å². The SMILES string of the molecule is Cc1cc(NS(=O)(=O)c2ccc(NC(=O)CCCC(=O)Nc3ccc(S(=O)(=O)Nc4cc(C)nc(C)n4)cc3)cc2)nc(C)n1. The molecule has 0 unspecified atom stereocenters. The van der Waals surface area contributed by atoms with Crippen LogP contribution in [0.5, 0.6) is 0 Å². The number of aryl methyl sites for hydroxylation is 4. The first-order valence-electron chi connectivity index (χ1n) is 13.7. The average molecular weight is 653 g/mol. The van der Waals surface area contributed by atoms with Crippen LogP contribution in [0.15, 0.2) is 70.5 Å². The Morgan fingerprint density at radius 3 is 1.27 bits per heavy atom. The van der Waals surface area contributed by atoms with Crippen molar-refractivity contribution in [3.8, 4) is 0 Å². The van der Waals surface area contributed by atoms with Crippen molar-refractivity contribution in [1.82, 2.24) is 19.9 Å². The number of nitrogens with one attached hydrogen (secondary N) is 4. The molecule has 4 aromatic rings. The van der Waals surface area contributed by atoms with Gasteiger partial charge in [-0.2, -0.15) is 0 Å². The summed E-state index contributed by atoms with van der Waals surface area (Å²) in [6, 6.07) is 14.3. The third-order valence-electron chi connectivity index (χ3n) is 6.11. The van der Waals surface area contributed by atoms with Crippen LogP contribution in [0.3, 0.4) is 0 Å². The molecular weight excluding hydrogens is 621 g/mol. The van der Waals surface area contributed by atoms with Gasteiger partial charge in [0.25, 0.3) is 20.0 Å². The van der Waals surface area contributed by atoms with Crippen LogP contribution in [0.4, 0.5) is 23.0 Å². The number of nitrogens with zero attached hydrogens (tertiary/aromatic N) is 4. The van der Waals surface area contributed by atoms with Gasteiger partial charge in [0.15, 0.2) is 0 Å². The van der Waals surface area contributed by atoms with E-state index < -0.39 is 20.0 Å². The monoisotopic (exact) mass is 652 g/mol. The molecule has 0 bridgehead atoms. The second-order valence-electron chi connectivity index (χ2n) is 10.1.